The monoisotopic (exact) mass is 362 g/mol. The van der Waals surface area contributed by atoms with Crippen molar-refractivity contribution in [1.29, 1.82) is 0 Å². The van der Waals surface area contributed by atoms with E-state index < -0.39 is 32.3 Å². The number of nitrogen functional groups attached to an aromatic ring is 1. The smallest absolute Gasteiger partial charge is 0.397 e. The highest BCUT2D eigenvalue weighted by Gasteiger charge is 2.12. The van der Waals surface area contributed by atoms with Crippen molar-refractivity contribution in [3.8, 4) is 0 Å². The zero-order valence-electron chi connectivity index (χ0n) is 9.50. The van der Waals surface area contributed by atoms with Gasteiger partial charge in [-0.1, -0.05) is 23.2 Å². The van der Waals surface area contributed by atoms with E-state index in [2.05, 4.69) is 9.50 Å². The molecule has 1 aromatic rings. The van der Waals surface area contributed by atoms with Gasteiger partial charge in [-0.15, -0.1) is 0 Å². The first-order valence-corrected chi connectivity index (χ1v) is 7.88. The second-order valence-corrected chi connectivity index (χ2v) is 6.19. The van der Waals surface area contributed by atoms with Gasteiger partial charge in [0.1, 0.15) is 6.61 Å². The fourth-order valence-corrected chi connectivity index (χ4v) is 2.13. The number of rotatable bonds is 4. The summed E-state index contributed by atoms with van der Waals surface area (Å²) in [5.74, 6) is 0. The minimum absolute atomic E-state index is 0.0571. The van der Waals surface area contributed by atoms with Gasteiger partial charge in [0, 0.05) is 0 Å². The molecular weight excluding hydrogens is 355 g/mol. The highest BCUT2D eigenvalue weighted by molar-refractivity contribution is 7.81. The third-order valence-electron chi connectivity index (χ3n) is 1.90. The summed E-state index contributed by atoms with van der Waals surface area (Å²) in [6.45, 7) is -0.937. The van der Waals surface area contributed by atoms with Crippen LogP contribution in [0.25, 0.3) is 0 Å². The Labute approximate surface area is 125 Å². The molecule has 0 amide bonds. The predicted molar refractivity (Wildman–Crippen MR) is 75.9 cm³/mol. The van der Waals surface area contributed by atoms with Gasteiger partial charge in [0.15, 0.2) is 4.99 Å². The quantitative estimate of drug-likeness (QED) is 0.406. The number of benzene rings is 1. The van der Waals surface area contributed by atoms with Crippen LogP contribution in [0.2, 0.25) is 10.0 Å². The van der Waals surface area contributed by atoms with Crippen molar-refractivity contribution in [3.05, 3.63) is 22.2 Å². The van der Waals surface area contributed by atoms with Crippen LogP contribution in [0.3, 0.4) is 0 Å². The summed E-state index contributed by atoms with van der Waals surface area (Å²) < 4.78 is 55.0. The second-order valence-electron chi connectivity index (χ2n) is 3.33. The molecule has 0 heterocycles. The average Bonchev–Trinajstić information content (AvgIpc) is 2.29. The van der Waals surface area contributed by atoms with E-state index in [0.29, 0.717) is 0 Å². The van der Waals surface area contributed by atoms with Crippen LogP contribution in [-0.4, -0.2) is 33.0 Å². The van der Waals surface area contributed by atoms with Crippen LogP contribution in [0.15, 0.2) is 12.1 Å². The van der Waals surface area contributed by atoms with E-state index in [1.54, 1.807) is 0 Å². The molecule has 1 rings (SSSR count). The Morgan fingerprint density at radius 1 is 1.35 bits per heavy atom. The van der Waals surface area contributed by atoms with Crippen molar-refractivity contribution in [2.45, 2.75) is 0 Å². The second kappa shape index (κ2) is 6.61. The first-order valence-electron chi connectivity index (χ1n) is 4.68. The number of hydrogen-bond donors (Lipinski definition) is 3. The predicted octanol–water partition coefficient (Wildman–Crippen LogP) is 0.816. The number of anilines is 2. The molecule has 0 unspecified atom stereocenters. The van der Waals surface area contributed by atoms with Gasteiger partial charge in [-0.2, -0.15) is 16.8 Å². The molecule has 0 spiro atoms. The van der Waals surface area contributed by atoms with Gasteiger partial charge in [0.2, 0.25) is 10.3 Å². The van der Waals surface area contributed by atoms with Crippen molar-refractivity contribution < 1.29 is 25.6 Å². The Morgan fingerprint density at radius 3 is 2.45 bits per heavy atom. The van der Waals surface area contributed by atoms with Crippen LogP contribution < -0.4 is 11.1 Å². The first kappa shape index (κ1) is 17.0. The molecule has 8 nitrogen and oxygen atoms in total. The molecule has 1 aromatic carbocycles. The fraction of sp³-hybridized carbons (Fsp3) is 0.125. The standard InChI is InChI=1S/C8H8Cl2N2O6S2/c9-4-2-7(5(10)1-6(4)11)12-8(19(13)14)3-18-20(15,16)17/h1-2,12H,3,11H2,(H,15,16,17). The van der Waals surface area contributed by atoms with Crippen molar-refractivity contribution in [3.63, 3.8) is 0 Å². The minimum Gasteiger partial charge on any atom is -0.397 e. The fourth-order valence-electron chi connectivity index (χ4n) is 1.06. The lowest BCUT2D eigenvalue weighted by molar-refractivity contribution is 0.305. The number of halogens is 2. The van der Waals surface area contributed by atoms with E-state index in [4.69, 9.17) is 33.5 Å². The third-order valence-corrected chi connectivity index (χ3v) is 3.58. The maximum Gasteiger partial charge on any atom is 0.397 e. The highest BCUT2D eigenvalue weighted by atomic mass is 35.5. The molecule has 112 valence electrons. The van der Waals surface area contributed by atoms with Crippen LogP contribution in [0.4, 0.5) is 11.4 Å². The Bertz CT molecular complexity index is 751. The van der Waals surface area contributed by atoms with Gasteiger partial charge in [-0.25, -0.2) is 4.18 Å². The summed E-state index contributed by atoms with van der Waals surface area (Å²) >= 11 is 11.6. The van der Waals surface area contributed by atoms with Crippen LogP contribution in [0.5, 0.6) is 0 Å². The summed E-state index contributed by atoms with van der Waals surface area (Å²) in [5.41, 5.74) is 5.74. The van der Waals surface area contributed by atoms with Crippen LogP contribution in [0.1, 0.15) is 0 Å². The molecule has 0 saturated heterocycles. The van der Waals surface area contributed by atoms with Crippen molar-refractivity contribution in [1.82, 2.24) is 0 Å². The molecule has 0 atom stereocenters. The summed E-state index contributed by atoms with van der Waals surface area (Å²) in [6.07, 6.45) is 0. The molecule has 0 fully saturated rings. The largest absolute Gasteiger partial charge is 0.397 e. The van der Waals surface area contributed by atoms with E-state index in [0.717, 1.165) is 0 Å². The molecule has 0 saturated carbocycles. The maximum atomic E-state index is 10.9. The Hall–Kier alpha value is -1.04. The summed E-state index contributed by atoms with van der Waals surface area (Å²) in [5, 5.41) is 2.49. The van der Waals surface area contributed by atoms with Gasteiger partial charge in [0.25, 0.3) is 0 Å². The van der Waals surface area contributed by atoms with Gasteiger partial charge in [-0.3, -0.25) is 4.55 Å². The van der Waals surface area contributed by atoms with E-state index in [1.807, 2.05) is 0 Å². The van der Waals surface area contributed by atoms with Gasteiger partial charge < -0.3 is 11.1 Å². The van der Waals surface area contributed by atoms with Crippen LogP contribution >= 0.6 is 23.2 Å². The van der Waals surface area contributed by atoms with Gasteiger partial charge in [0.05, 0.1) is 21.4 Å². The zero-order chi connectivity index (χ0) is 15.5. The maximum absolute atomic E-state index is 10.9. The highest BCUT2D eigenvalue weighted by Crippen LogP contribution is 2.30. The molecule has 20 heavy (non-hydrogen) atoms. The molecule has 0 aliphatic carbocycles. The first-order chi connectivity index (χ1) is 9.10. The lowest BCUT2D eigenvalue weighted by Gasteiger charge is -2.10. The van der Waals surface area contributed by atoms with E-state index in [-0.39, 0.29) is 21.4 Å². The lowest BCUT2D eigenvalue weighted by Crippen LogP contribution is -2.22. The van der Waals surface area contributed by atoms with E-state index in [9.17, 15) is 16.8 Å². The number of hydrogen-bond acceptors (Lipinski definition) is 6. The average molecular weight is 363 g/mol. The normalized spacial score (nSPS) is 11.2. The molecule has 0 aliphatic heterocycles. The Balaban J connectivity index is 3.05. The topological polar surface area (TPSA) is 136 Å². The summed E-state index contributed by atoms with van der Waals surface area (Å²) in [6, 6.07) is 2.53. The molecule has 4 N–H and O–H groups in total. The SMILES string of the molecule is Nc1cc(Cl)c(NC(COS(=O)(=O)O)=S(=O)=O)cc1Cl. The Morgan fingerprint density at radius 2 is 1.95 bits per heavy atom. The van der Waals surface area contributed by atoms with Crippen molar-refractivity contribution in [2.75, 3.05) is 17.7 Å². The van der Waals surface area contributed by atoms with E-state index in [1.165, 1.54) is 12.1 Å². The number of nitrogens with two attached hydrogens (primary N) is 1. The number of nitrogens with one attached hydrogen (secondary N) is 1. The summed E-state index contributed by atoms with van der Waals surface area (Å²) in [4.78, 5) is -0.578. The van der Waals surface area contributed by atoms with Crippen LogP contribution in [-0.2, 0) is 24.9 Å². The molecule has 0 bridgehead atoms. The van der Waals surface area contributed by atoms with Gasteiger partial charge >= 0.3 is 10.4 Å². The van der Waals surface area contributed by atoms with E-state index >= 15 is 0 Å². The third kappa shape index (κ3) is 5.15. The Kier molecular flexibility index (Phi) is 5.62. The lowest BCUT2D eigenvalue weighted by atomic mass is 10.3. The molecule has 12 heteroatoms. The van der Waals surface area contributed by atoms with Crippen LogP contribution in [0, 0.1) is 0 Å². The van der Waals surface area contributed by atoms with Crippen molar-refractivity contribution >= 4 is 60.3 Å². The molecule has 0 radical (unpaired) electrons. The molecule has 0 aromatic heterocycles. The minimum atomic E-state index is -4.78. The van der Waals surface area contributed by atoms with Gasteiger partial charge in [-0.05, 0) is 12.1 Å². The zero-order valence-corrected chi connectivity index (χ0v) is 12.6. The van der Waals surface area contributed by atoms with Crippen molar-refractivity contribution in [2.24, 2.45) is 0 Å². The molecule has 0 aliphatic rings. The summed E-state index contributed by atoms with van der Waals surface area (Å²) in [7, 11) is -7.62. The molecular formula is C8H8Cl2N2O6S2.